The summed E-state index contributed by atoms with van der Waals surface area (Å²) in [5.74, 6) is 0. The van der Waals surface area contributed by atoms with Crippen LogP contribution in [0.5, 0.6) is 0 Å². The zero-order valence-electron chi connectivity index (χ0n) is 15.2. The molecule has 0 heterocycles. The van der Waals surface area contributed by atoms with Crippen molar-refractivity contribution >= 4 is 24.3 Å². The SMILES string of the molecule is N#Cc1ccc(/C=C/c2cc(/C=C/c3ccc(C#N)cc3)cc(CO)c2)cc1. The molecule has 0 bridgehead atoms. The van der Waals surface area contributed by atoms with Crippen molar-refractivity contribution in [2.45, 2.75) is 6.61 Å². The van der Waals surface area contributed by atoms with Gasteiger partial charge >= 0.3 is 0 Å². The van der Waals surface area contributed by atoms with Gasteiger partial charge in [-0.15, -0.1) is 0 Å². The molecule has 0 saturated carbocycles. The van der Waals surface area contributed by atoms with E-state index in [-0.39, 0.29) is 6.61 Å². The van der Waals surface area contributed by atoms with Crippen molar-refractivity contribution in [1.82, 2.24) is 0 Å². The third-order valence-corrected chi connectivity index (χ3v) is 4.24. The van der Waals surface area contributed by atoms with Gasteiger partial charge in [0, 0.05) is 0 Å². The van der Waals surface area contributed by atoms with Gasteiger partial charge in [-0.05, 0) is 70.3 Å². The molecule has 0 saturated heterocycles. The molecule has 0 spiro atoms. The first-order chi connectivity index (χ1) is 13.7. The lowest BCUT2D eigenvalue weighted by Crippen LogP contribution is -1.87. The van der Waals surface area contributed by atoms with E-state index in [0.29, 0.717) is 11.1 Å². The first-order valence-electron chi connectivity index (χ1n) is 8.81. The van der Waals surface area contributed by atoms with Crippen molar-refractivity contribution in [2.75, 3.05) is 0 Å². The molecule has 0 aliphatic rings. The number of aliphatic hydroxyl groups is 1. The molecule has 3 aromatic carbocycles. The zero-order valence-corrected chi connectivity index (χ0v) is 15.2. The fraction of sp³-hybridized carbons (Fsp3) is 0.0400. The number of rotatable bonds is 5. The highest BCUT2D eigenvalue weighted by atomic mass is 16.3. The number of benzene rings is 3. The van der Waals surface area contributed by atoms with Gasteiger partial charge in [0.05, 0.1) is 29.9 Å². The van der Waals surface area contributed by atoms with Crippen LogP contribution in [-0.2, 0) is 6.61 Å². The molecule has 3 rings (SSSR count). The average molecular weight is 362 g/mol. The summed E-state index contributed by atoms with van der Waals surface area (Å²) < 4.78 is 0. The summed E-state index contributed by atoms with van der Waals surface area (Å²) >= 11 is 0. The molecule has 0 radical (unpaired) electrons. The van der Waals surface area contributed by atoms with Crippen molar-refractivity contribution in [3.8, 4) is 12.1 Å². The second-order valence-electron chi connectivity index (χ2n) is 6.30. The summed E-state index contributed by atoms with van der Waals surface area (Å²) in [5.41, 5.74) is 6.07. The van der Waals surface area contributed by atoms with E-state index < -0.39 is 0 Å². The molecule has 0 fully saturated rings. The predicted molar refractivity (Wildman–Crippen MR) is 113 cm³/mol. The van der Waals surface area contributed by atoms with Crippen LogP contribution in [0.3, 0.4) is 0 Å². The highest BCUT2D eigenvalue weighted by Crippen LogP contribution is 2.17. The second-order valence-corrected chi connectivity index (χ2v) is 6.30. The third-order valence-electron chi connectivity index (χ3n) is 4.24. The summed E-state index contributed by atoms with van der Waals surface area (Å²) in [6.07, 6.45) is 7.93. The Balaban J connectivity index is 1.82. The van der Waals surface area contributed by atoms with Crippen LogP contribution in [0.4, 0.5) is 0 Å². The van der Waals surface area contributed by atoms with Crippen molar-refractivity contribution in [3.63, 3.8) is 0 Å². The first-order valence-corrected chi connectivity index (χ1v) is 8.81. The Bertz CT molecular complexity index is 1010. The van der Waals surface area contributed by atoms with Gasteiger partial charge in [0.1, 0.15) is 0 Å². The van der Waals surface area contributed by atoms with Gasteiger partial charge in [-0.2, -0.15) is 10.5 Å². The predicted octanol–water partition coefficient (Wildman–Crippen LogP) is 5.26. The molecular weight excluding hydrogens is 344 g/mol. The van der Waals surface area contributed by atoms with E-state index in [9.17, 15) is 5.11 Å². The summed E-state index contributed by atoms with van der Waals surface area (Å²) in [4.78, 5) is 0. The lowest BCUT2D eigenvalue weighted by atomic mass is 10.0. The molecule has 1 N–H and O–H groups in total. The monoisotopic (exact) mass is 362 g/mol. The molecule has 0 aliphatic heterocycles. The standard InChI is InChI=1S/C25H18N2O/c26-16-21-7-1-19(2-8-21)5-11-23-13-24(15-25(14-23)18-28)12-6-20-3-9-22(17-27)10-4-20/h1-15,28H,18H2/b11-5+,12-6+. The summed E-state index contributed by atoms with van der Waals surface area (Å²) in [6.45, 7) is -0.0315. The van der Waals surface area contributed by atoms with E-state index >= 15 is 0 Å². The molecule has 0 unspecified atom stereocenters. The molecule has 0 amide bonds. The van der Waals surface area contributed by atoms with E-state index in [1.54, 1.807) is 24.3 Å². The minimum Gasteiger partial charge on any atom is -0.392 e. The Morgan fingerprint density at radius 3 is 1.36 bits per heavy atom. The Morgan fingerprint density at radius 1 is 0.607 bits per heavy atom. The van der Waals surface area contributed by atoms with Gasteiger partial charge < -0.3 is 5.11 Å². The minimum absolute atomic E-state index is 0.0315. The Morgan fingerprint density at radius 2 is 1.00 bits per heavy atom. The number of aliphatic hydroxyl groups excluding tert-OH is 1. The summed E-state index contributed by atoms with van der Waals surface area (Å²) in [6, 6.07) is 24.9. The number of hydrogen-bond acceptors (Lipinski definition) is 3. The smallest absolute Gasteiger partial charge is 0.0991 e. The van der Waals surface area contributed by atoms with E-state index in [2.05, 4.69) is 12.1 Å². The second kappa shape index (κ2) is 9.14. The molecule has 28 heavy (non-hydrogen) atoms. The Hall–Kier alpha value is -3.92. The maximum atomic E-state index is 9.56. The lowest BCUT2D eigenvalue weighted by Gasteiger charge is -2.03. The van der Waals surface area contributed by atoms with Crippen molar-refractivity contribution in [1.29, 1.82) is 10.5 Å². The number of nitrogens with zero attached hydrogens (tertiary/aromatic N) is 2. The van der Waals surface area contributed by atoms with Crippen molar-refractivity contribution in [3.05, 3.63) is 106 Å². The number of nitriles is 2. The Kier molecular flexibility index (Phi) is 6.16. The lowest BCUT2D eigenvalue weighted by molar-refractivity contribution is 0.282. The highest BCUT2D eigenvalue weighted by molar-refractivity contribution is 5.75. The van der Waals surface area contributed by atoms with E-state index in [1.165, 1.54) is 0 Å². The molecule has 134 valence electrons. The average Bonchev–Trinajstić information content (AvgIpc) is 2.76. The van der Waals surface area contributed by atoms with E-state index in [0.717, 1.165) is 27.8 Å². The molecule has 3 aromatic rings. The molecule has 0 atom stereocenters. The fourth-order valence-electron chi connectivity index (χ4n) is 2.75. The van der Waals surface area contributed by atoms with E-state index in [4.69, 9.17) is 10.5 Å². The van der Waals surface area contributed by atoms with Gasteiger partial charge in [0.15, 0.2) is 0 Å². The fourth-order valence-corrected chi connectivity index (χ4v) is 2.75. The molecule has 3 nitrogen and oxygen atoms in total. The van der Waals surface area contributed by atoms with Crippen LogP contribution >= 0.6 is 0 Å². The Labute approximate surface area is 164 Å². The molecule has 0 aliphatic carbocycles. The van der Waals surface area contributed by atoms with Crippen LogP contribution < -0.4 is 0 Å². The zero-order chi connectivity index (χ0) is 19.8. The van der Waals surface area contributed by atoms with Crippen LogP contribution in [-0.4, -0.2) is 5.11 Å². The third kappa shape index (κ3) is 5.05. The summed E-state index contributed by atoms with van der Waals surface area (Å²) in [7, 11) is 0. The largest absolute Gasteiger partial charge is 0.392 e. The van der Waals surface area contributed by atoms with Gasteiger partial charge in [0.25, 0.3) is 0 Å². The molecule has 0 aromatic heterocycles. The summed E-state index contributed by atoms with van der Waals surface area (Å²) in [5, 5.41) is 27.3. The number of hydrogen-bond donors (Lipinski definition) is 1. The van der Waals surface area contributed by atoms with Crippen LogP contribution in [0.15, 0.2) is 66.7 Å². The van der Waals surface area contributed by atoms with Crippen molar-refractivity contribution in [2.24, 2.45) is 0 Å². The van der Waals surface area contributed by atoms with Gasteiger partial charge in [-0.3, -0.25) is 0 Å². The minimum atomic E-state index is -0.0315. The normalized spacial score (nSPS) is 10.8. The van der Waals surface area contributed by atoms with Crippen LogP contribution in [0.2, 0.25) is 0 Å². The maximum Gasteiger partial charge on any atom is 0.0991 e. The van der Waals surface area contributed by atoms with Crippen LogP contribution in [0.1, 0.15) is 38.9 Å². The van der Waals surface area contributed by atoms with Gasteiger partial charge in [-0.1, -0.05) is 48.6 Å². The molecule has 3 heteroatoms. The molecular formula is C25H18N2O. The quantitative estimate of drug-likeness (QED) is 0.629. The van der Waals surface area contributed by atoms with Crippen LogP contribution in [0, 0.1) is 22.7 Å². The van der Waals surface area contributed by atoms with Crippen LogP contribution in [0.25, 0.3) is 24.3 Å². The topological polar surface area (TPSA) is 67.8 Å². The van der Waals surface area contributed by atoms with E-state index in [1.807, 2.05) is 66.8 Å². The first kappa shape index (κ1) is 18.9. The highest BCUT2D eigenvalue weighted by Gasteiger charge is 1.98. The maximum absolute atomic E-state index is 9.56. The van der Waals surface area contributed by atoms with Gasteiger partial charge in [0.2, 0.25) is 0 Å². The van der Waals surface area contributed by atoms with Gasteiger partial charge in [-0.25, -0.2) is 0 Å². The van der Waals surface area contributed by atoms with Crippen molar-refractivity contribution < 1.29 is 5.11 Å².